The quantitative estimate of drug-likeness (QED) is 0.0340. The van der Waals surface area contributed by atoms with Crippen LogP contribution in [-0.4, -0.2) is 41.9 Å². The van der Waals surface area contributed by atoms with Gasteiger partial charge in [0.15, 0.2) is 0 Å². The molecule has 0 saturated carbocycles. The van der Waals surface area contributed by atoms with Gasteiger partial charge in [0.2, 0.25) is 5.91 Å². The number of hydrogen-bond donors (Lipinski definition) is 3. The predicted octanol–water partition coefficient (Wildman–Crippen LogP) is 12.1. The first-order chi connectivity index (χ1) is 24.3. The first-order valence-corrected chi connectivity index (χ1v) is 22.1. The van der Waals surface area contributed by atoms with Crippen molar-refractivity contribution in [3.05, 3.63) is 60.8 Å². The van der Waals surface area contributed by atoms with Crippen LogP contribution in [0.2, 0.25) is 0 Å². The van der Waals surface area contributed by atoms with Crippen molar-refractivity contribution in [3.8, 4) is 0 Å². The highest BCUT2D eigenvalue weighted by atomic mass is 32.2. The number of nitrogens with one attached hydrogen (secondary N) is 1. The molecule has 0 aliphatic heterocycles. The van der Waals surface area contributed by atoms with E-state index < -0.39 is 28.0 Å². The summed E-state index contributed by atoms with van der Waals surface area (Å²) >= 11 is 0. The number of aliphatic hydroxyl groups is 1. The van der Waals surface area contributed by atoms with Gasteiger partial charge in [0.05, 0.1) is 17.9 Å². The van der Waals surface area contributed by atoms with E-state index >= 15 is 0 Å². The lowest BCUT2D eigenvalue weighted by Crippen LogP contribution is -2.47. The number of allylic oxidation sites excluding steroid dienone is 10. The molecule has 0 aromatic rings. The van der Waals surface area contributed by atoms with Crippen LogP contribution in [0.25, 0.3) is 0 Å². The zero-order chi connectivity index (χ0) is 36.8. The number of amides is 1. The molecule has 3 N–H and O–H groups in total. The lowest BCUT2D eigenvalue weighted by Gasteiger charge is -2.23. The number of rotatable bonds is 36. The first-order valence-electron chi connectivity index (χ1n) is 20.5. The van der Waals surface area contributed by atoms with E-state index in [9.17, 15) is 22.9 Å². The van der Waals surface area contributed by atoms with E-state index in [4.69, 9.17) is 0 Å². The Morgan fingerprint density at radius 2 is 0.960 bits per heavy atom. The van der Waals surface area contributed by atoms with Gasteiger partial charge in [-0.15, -0.1) is 0 Å². The molecule has 50 heavy (non-hydrogen) atoms. The summed E-state index contributed by atoms with van der Waals surface area (Å²) in [5, 5.41) is 13.3. The minimum atomic E-state index is -4.31. The van der Waals surface area contributed by atoms with Crippen LogP contribution in [0.3, 0.4) is 0 Å². The monoisotopic (exact) mass is 720 g/mol. The topological polar surface area (TPSA) is 104 Å². The maximum atomic E-state index is 12.5. The summed E-state index contributed by atoms with van der Waals surface area (Å²) in [6.07, 6.45) is 50.2. The largest absolute Gasteiger partial charge is 0.391 e. The summed E-state index contributed by atoms with van der Waals surface area (Å²) in [6.45, 7) is 4.39. The standard InChI is InChI=1S/C43H77NO5S/c1-3-5-7-9-11-13-15-17-18-19-20-21-22-23-24-25-26-27-29-31-33-35-37-39-43(46)44-41(40-50(47,48)49)42(45)38-36-34-32-30-28-16-14-12-10-8-6-4-2/h5,7,11,13,17-18,20-21,23-24,41-42,45H,3-4,6,8-10,12,14-16,19,22,25-40H2,1-2H3,(H,44,46)(H,47,48,49)/b7-5-,13-11-,18-17-,21-20-,24-23-. The molecular weight excluding hydrogens is 643 g/mol. The van der Waals surface area contributed by atoms with Gasteiger partial charge in [0.25, 0.3) is 10.1 Å². The highest BCUT2D eigenvalue weighted by molar-refractivity contribution is 7.85. The SMILES string of the molecule is CC/C=C\C/C=C\C/C=C\C/C=C\C/C=C\CCCCCCCCCC(=O)NC(CS(=O)(=O)O)C(O)CCCCCCCCCCCCCC. The molecule has 0 aliphatic carbocycles. The Hall–Kier alpha value is -1.96. The Labute approximate surface area is 309 Å². The van der Waals surface area contributed by atoms with E-state index in [2.05, 4.69) is 79.9 Å². The fourth-order valence-corrected chi connectivity index (χ4v) is 6.71. The van der Waals surface area contributed by atoms with Crippen molar-refractivity contribution < 1.29 is 22.9 Å². The summed E-state index contributed by atoms with van der Waals surface area (Å²) < 4.78 is 32.5. The summed E-state index contributed by atoms with van der Waals surface area (Å²) in [7, 11) is -4.31. The Kier molecular flexibility index (Phi) is 35.4. The van der Waals surface area contributed by atoms with Crippen molar-refractivity contribution in [1.82, 2.24) is 5.32 Å². The number of hydrogen-bond acceptors (Lipinski definition) is 4. The molecule has 0 fully saturated rings. The molecule has 0 saturated heterocycles. The second-order valence-electron chi connectivity index (χ2n) is 13.9. The van der Waals surface area contributed by atoms with Gasteiger partial charge >= 0.3 is 0 Å². The Bertz CT molecular complexity index is 1010. The van der Waals surface area contributed by atoms with Crippen molar-refractivity contribution in [1.29, 1.82) is 0 Å². The average Bonchev–Trinajstić information content (AvgIpc) is 3.08. The molecule has 0 spiro atoms. The maximum Gasteiger partial charge on any atom is 0.266 e. The zero-order valence-corrected chi connectivity index (χ0v) is 33.1. The van der Waals surface area contributed by atoms with Crippen molar-refractivity contribution in [2.45, 2.75) is 199 Å². The Morgan fingerprint density at radius 3 is 1.42 bits per heavy atom. The van der Waals surface area contributed by atoms with E-state index in [0.29, 0.717) is 12.8 Å². The smallest absolute Gasteiger partial charge is 0.266 e. The molecule has 0 rings (SSSR count). The van der Waals surface area contributed by atoms with Gasteiger partial charge in [0, 0.05) is 6.42 Å². The van der Waals surface area contributed by atoms with Gasteiger partial charge in [0.1, 0.15) is 0 Å². The van der Waals surface area contributed by atoms with Crippen LogP contribution in [0.5, 0.6) is 0 Å². The minimum absolute atomic E-state index is 0.260. The van der Waals surface area contributed by atoms with Crippen LogP contribution < -0.4 is 5.32 Å². The molecule has 0 aromatic heterocycles. The van der Waals surface area contributed by atoms with Gasteiger partial charge < -0.3 is 10.4 Å². The molecule has 290 valence electrons. The molecule has 2 atom stereocenters. The highest BCUT2D eigenvalue weighted by Gasteiger charge is 2.26. The second kappa shape index (κ2) is 36.8. The zero-order valence-electron chi connectivity index (χ0n) is 32.3. The fourth-order valence-electron chi connectivity index (χ4n) is 5.95. The number of unbranched alkanes of at least 4 members (excludes halogenated alkanes) is 18. The number of carbonyl (C=O) groups excluding carboxylic acids is 1. The van der Waals surface area contributed by atoms with Crippen molar-refractivity contribution in [3.63, 3.8) is 0 Å². The molecule has 0 bridgehead atoms. The van der Waals surface area contributed by atoms with Crippen LogP contribution >= 0.6 is 0 Å². The minimum Gasteiger partial charge on any atom is -0.391 e. The van der Waals surface area contributed by atoms with Gasteiger partial charge in [-0.2, -0.15) is 8.42 Å². The summed E-state index contributed by atoms with van der Waals surface area (Å²) in [6, 6.07) is -0.979. The molecule has 0 aliphatic rings. The predicted molar refractivity (Wildman–Crippen MR) is 216 cm³/mol. The molecule has 7 heteroatoms. The van der Waals surface area contributed by atoms with Crippen LogP contribution in [0.1, 0.15) is 187 Å². The van der Waals surface area contributed by atoms with Crippen LogP contribution in [0, 0.1) is 0 Å². The maximum absolute atomic E-state index is 12.5. The number of aliphatic hydroxyl groups excluding tert-OH is 1. The van der Waals surface area contributed by atoms with E-state index in [1.807, 2.05) is 0 Å². The third-order valence-corrected chi connectivity index (χ3v) is 9.77. The summed E-state index contributed by atoms with van der Waals surface area (Å²) in [5.41, 5.74) is 0. The Morgan fingerprint density at radius 1 is 0.560 bits per heavy atom. The molecule has 6 nitrogen and oxygen atoms in total. The second-order valence-corrected chi connectivity index (χ2v) is 15.4. The van der Waals surface area contributed by atoms with E-state index in [0.717, 1.165) is 83.5 Å². The third-order valence-electron chi connectivity index (χ3n) is 8.99. The first kappa shape index (κ1) is 48.0. The normalized spacial score (nSPS) is 13.9. The highest BCUT2D eigenvalue weighted by Crippen LogP contribution is 2.15. The van der Waals surface area contributed by atoms with E-state index in [-0.39, 0.29) is 5.91 Å². The van der Waals surface area contributed by atoms with E-state index in [1.165, 1.54) is 77.0 Å². The number of carbonyl (C=O) groups is 1. The summed E-state index contributed by atoms with van der Waals surface area (Å²) in [4.78, 5) is 12.5. The van der Waals surface area contributed by atoms with Crippen LogP contribution in [0.15, 0.2) is 60.8 Å². The van der Waals surface area contributed by atoms with Crippen LogP contribution in [-0.2, 0) is 14.9 Å². The molecule has 0 radical (unpaired) electrons. The fraction of sp³-hybridized carbons (Fsp3) is 0.744. The Balaban J connectivity index is 3.89. The molecule has 2 unspecified atom stereocenters. The van der Waals surface area contributed by atoms with Crippen molar-refractivity contribution in [2.75, 3.05) is 5.75 Å². The van der Waals surface area contributed by atoms with Crippen LogP contribution in [0.4, 0.5) is 0 Å². The van der Waals surface area contributed by atoms with Gasteiger partial charge in [-0.05, 0) is 57.8 Å². The molecule has 1 amide bonds. The molecule has 0 aromatic carbocycles. The van der Waals surface area contributed by atoms with Crippen molar-refractivity contribution >= 4 is 16.0 Å². The van der Waals surface area contributed by atoms with E-state index in [1.54, 1.807) is 0 Å². The lowest BCUT2D eigenvalue weighted by atomic mass is 10.0. The summed E-state index contributed by atoms with van der Waals surface area (Å²) in [5.74, 6) is -0.915. The average molecular weight is 720 g/mol. The third kappa shape index (κ3) is 37.3. The molecular formula is C43H77NO5S. The lowest BCUT2D eigenvalue weighted by molar-refractivity contribution is -0.122. The van der Waals surface area contributed by atoms with Gasteiger partial charge in [-0.25, -0.2) is 0 Å². The van der Waals surface area contributed by atoms with Gasteiger partial charge in [-0.3, -0.25) is 9.35 Å². The van der Waals surface area contributed by atoms with Gasteiger partial charge in [-0.1, -0.05) is 184 Å². The molecule has 0 heterocycles. The van der Waals surface area contributed by atoms with Crippen molar-refractivity contribution in [2.24, 2.45) is 0 Å².